The van der Waals surface area contributed by atoms with Crippen molar-refractivity contribution < 1.29 is 13.9 Å². The Morgan fingerprint density at radius 1 is 1.17 bits per heavy atom. The third-order valence-electron chi connectivity index (χ3n) is 3.41. The number of halogens is 1. The zero-order valence-electron chi connectivity index (χ0n) is 12.9. The fraction of sp³-hybridized carbons (Fsp3) is 0.222. The minimum Gasteiger partial charge on any atom is -0.480 e. The lowest BCUT2D eigenvalue weighted by molar-refractivity contribution is -0.127. The highest BCUT2D eigenvalue weighted by atomic mass is 19.1. The molecule has 5 heteroatoms. The van der Waals surface area contributed by atoms with E-state index in [-0.39, 0.29) is 17.8 Å². The standard InChI is InChI=1S/C18H17FN2O2/c1-12(14-7-9-16(19)10-8-14)21-18(22)13(2)23-17-6-4-3-5-15(17)11-20/h3-10,12-13H,1-2H3,(H,21,22)/t12-,13-/m0/s1. The maximum atomic E-state index is 12.9. The van der Waals surface area contributed by atoms with Crippen LogP contribution in [0.5, 0.6) is 5.75 Å². The number of carbonyl (C=O) groups excluding carboxylic acids is 1. The molecule has 0 aliphatic heterocycles. The smallest absolute Gasteiger partial charge is 0.261 e. The molecule has 0 radical (unpaired) electrons. The second-order valence-corrected chi connectivity index (χ2v) is 5.15. The molecule has 0 spiro atoms. The lowest BCUT2D eigenvalue weighted by Gasteiger charge is -2.19. The van der Waals surface area contributed by atoms with Gasteiger partial charge in [0.1, 0.15) is 17.6 Å². The van der Waals surface area contributed by atoms with Gasteiger partial charge in [0.15, 0.2) is 6.10 Å². The SMILES string of the molecule is C[C@H](Oc1ccccc1C#N)C(=O)N[C@@H](C)c1ccc(F)cc1. The van der Waals surface area contributed by atoms with Gasteiger partial charge < -0.3 is 10.1 Å². The Bertz CT molecular complexity index is 723. The van der Waals surface area contributed by atoms with Crippen LogP contribution in [0.1, 0.15) is 31.0 Å². The van der Waals surface area contributed by atoms with Crippen LogP contribution in [0.2, 0.25) is 0 Å². The highest BCUT2D eigenvalue weighted by Crippen LogP contribution is 2.19. The van der Waals surface area contributed by atoms with E-state index in [2.05, 4.69) is 5.32 Å². The molecule has 118 valence electrons. The number of hydrogen-bond acceptors (Lipinski definition) is 3. The molecule has 0 unspecified atom stereocenters. The van der Waals surface area contributed by atoms with Crippen LogP contribution in [-0.2, 0) is 4.79 Å². The molecule has 0 aliphatic rings. The fourth-order valence-corrected chi connectivity index (χ4v) is 2.07. The maximum absolute atomic E-state index is 12.9. The van der Waals surface area contributed by atoms with E-state index in [4.69, 9.17) is 10.00 Å². The van der Waals surface area contributed by atoms with Gasteiger partial charge in [0.05, 0.1) is 11.6 Å². The van der Waals surface area contributed by atoms with Crippen molar-refractivity contribution in [2.24, 2.45) is 0 Å². The lowest BCUT2D eigenvalue weighted by Crippen LogP contribution is -2.37. The van der Waals surface area contributed by atoms with Crippen LogP contribution in [0.25, 0.3) is 0 Å². The maximum Gasteiger partial charge on any atom is 0.261 e. The molecular weight excluding hydrogens is 295 g/mol. The van der Waals surface area contributed by atoms with E-state index < -0.39 is 6.10 Å². The quantitative estimate of drug-likeness (QED) is 0.921. The summed E-state index contributed by atoms with van der Waals surface area (Å²) < 4.78 is 18.5. The van der Waals surface area contributed by atoms with Crippen molar-refractivity contribution in [3.63, 3.8) is 0 Å². The van der Waals surface area contributed by atoms with Crippen molar-refractivity contribution in [2.75, 3.05) is 0 Å². The van der Waals surface area contributed by atoms with Crippen molar-refractivity contribution in [1.29, 1.82) is 5.26 Å². The summed E-state index contributed by atoms with van der Waals surface area (Å²) in [7, 11) is 0. The lowest BCUT2D eigenvalue weighted by atomic mass is 10.1. The van der Waals surface area contributed by atoms with Gasteiger partial charge in [0.25, 0.3) is 5.91 Å². The minimum atomic E-state index is -0.757. The van der Waals surface area contributed by atoms with Crippen LogP contribution in [0.4, 0.5) is 4.39 Å². The van der Waals surface area contributed by atoms with Crippen LogP contribution in [0, 0.1) is 17.1 Å². The second kappa shape index (κ2) is 7.41. The van der Waals surface area contributed by atoms with E-state index in [0.717, 1.165) is 5.56 Å². The first-order chi connectivity index (χ1) is 11.0. The molecule has 0 saturated heterocycles. The number of nitrogens with one attached hydrogen (secondary N) is 1. The first kappa shape index (κ1) is 16.5. The molecule has 0 saturated carbocycles. The van der Waals surface area contributed by atoms with Crippen molar-refractivity contribution in [3.8, 4) is 11.8 Å². The molecule has 2 rings (SSSR count). The molecule has 0 aromatic heterocycles. The molecule has 2 aromatic carbocycles. The molecular formula is C18H17FN2O2. The largest absolute Gasteiger partial charge is 0.480 e. The van der Waals surface area contributed by atoms with Crippen LogP contribution >= 0.6 is 0 Å². The molecule has 0 heterocycles. The number of rotatable bonds is 5. The van der Waals surface area contributed by atoms with E-state index >= 15 is 0 Å². The van der Waals surface area contributed by atoms with Crippen molar-refractivity contribution in [2.45, 2.75) is 26.0 Å². The number of para-hydroxylation sites is 1. The Morgan fingerprint density at radius 2 is 1.83 bits per heavy atom. The predicted molar refractivity (Wildman–Crippen MR) is 84.2 cm³/mol. The zero-order valence-corrected chi connectivity index (χ0v) is 12.9. The Kier molecular flexibility index (Phi) is 5.32. The van der Waals surface area contributed by atoms with Gasteiger partial charge in [-0.25, -0.2) is 4.39 Å². The van der Waals surface area contributed by atoms with E-state index in [9.17, 15) is 9.18 Å². The third-order valence-corrected chi connectivity index (χ3v) is 3.41. The van der Waals surface area contributed by atoms with Gasteiger partial charge in [-0.2, -0.15) is 5.26 Å². The number of carbonyl (C=O) groups is 1. The van der Waals surface area contributed by atoms with E-state index in [1.54, 1.807) is 50.2 Å². The summed E-state index contributed by atoms with van der Waals surface area (Å²) in [6.45, 7) is 3.42. The topological polar surface area (TPSA) is 62.1 Å². The Labute approximate surface area is 134 Å². The highest BCUT2D eigenvalue weighted by molar-refractivity contribution is 5.81. The van der Waals surface area contributed by atoms with Crippen LogP contribution < -0.4 is 10.1 Å². The van der Waals surface area contributed by atoms with Crippen LogP contribution in [0.15, 0.2) is 48.5 Å². The molecule has 0 fully saturated rings. The zero-order chi connectivity index (χ0) is 16.8. The van der Waals surface area contributed by atoms with E-state index in [1.165, 1.54) is 12.1 Å². The van der Waals surface area contributed by atoms with Gasteiger partial charge >= 0.3 is 0 Å². The molecule has 0 bridgehead atoms. The summed E-state index contributed by atoms with van der Waals surface area (Å²) in [6.07, 6.45) is -0.757. The summed E-state index contributed by atoms with van der Waals surface area (Å²) in [5, 5.41) is 11.8. The Balaban J connectivity index is 2.00. The summed E-state index contributed by atoms with van der Waals surface area (Å²) >= 11 is 0. The summed E-state index contributed by atoms with van der Waals surface area (Å²) in [5.74, 6) is -0.265. The summed E-state index contributed by atoms with van der Waals surface area (Å²) in [4.78, 5) is 12.2. The number of nitriles is 1. The minimum absolute atomic E-state index is 0.277. The van der Waals surface area contributed by atoms with E-state index in [0.29, 0.717) is 11.3 Å². The number of hydrogen-bond donors (Lipinski definition) is 1. The normalized spacial score (nSPS) is 12.8. The average Bonchev–Trinajstić information content (AvgIpc) is 2.55. The second-order valence-electron chi connectivity index (χ2n) is 5.15. The fourth-order valence-electron chi connectivity index (χ4n) is 2.07. The first-order valence-corrected chi connectivity index (χ1v) is 7.23. The van der Waals surface area contributed by atoms with Gasteiger partial charge in [-0.15, -0.1) is 0 Å². The summed E-state index contributed by atoms with van der Waals surface area (Å²) in [5.41, 5.74) is 1.17. The van der Waals surface area contributed by atoms with Gasteiger partial charge in [-0.05, 0) is 43.7 Å². The van der Waals surface area contributed by atoms with Gasteiger partial charge in [-0.3, -0.25) is 4.79 Å². The predicted octanol–water partition coefficient (Wildman–Crippen LogP) is 3.34. The number of benzene rings is 2. The Hall–Kier alpha value is -2.87. The molecule has 2 atom stereocenters. The third kappa shape index (κ3) is 4.30. The van der Waals surface area contributed by atoms with Crippen LogP contribution in [-0.4, -0.2) is 12.0 Å². The van der Waals surface area contributed by atoms with Gasteiger partial charge in [0, 0.05) is 0 Å². The van der Waals surface area contributed by atoms with Gasteiger partial charge in [0.2, 0.25) is 0 Å². The van der Waals surface area contributed by atoms with Crippen molar-refractivity contribution in [3.05, 3.63) is 65.5 Å². The van der Waals surface area contributed by atoms with Gasteiger partial charge in [-0.1, -0.05) is 24.3 Å². The number of ether oxygens (including phenoxy) is 1. The van der Waals surface area contributed by atoms with E-state index in [1.807, 2.05) is 6.07 Å². The molecule has 1 amide bonds. The average molecular weight is 312 g/mol. The molecule has 2 aromatic rings. The molecule has 4 nitrogen and oxygen atoms in total. The molecule has 23 heavy (non-hydrogen) atoms. The highest BCUT2D eigenvalue weighted by Gasteiger charge is 2.18. The van der Waals surface area contributed by atoms with Crippen molar-refractivity contribution >= 4 is 5.91 Å². The summed E-state index contributed by atoms with van der Waals surface area (Å²) in [6, 6.07) is 14.4. The monoisotopic (exact) mass is 312 g/mol. The molecule has 0 aliphatic carbocycles. The number of amides is 1. The van der Waals surface area contributed by atoms with Crippen LogP contribution in [0.3, 0.4) is 0 Å². The first-order valence-electron chi connectivity index (χ1n) is 7.23. The number of nitrogens with zero attached hydrogens (tertiary/aromatic N) is 1. The molecule has 1 N–H and O–H groups in total. The van der Waals surface area contributed by atoms with Crippen molar-refractivity contribution in [1.82, 2.24) is 5.32 Å². The Morgan fingerprint density at radius 3 is 2.48 bits per heavy atom.